The van der Waals surface area contributed by atoms with Gasteiger partial charge in [-0.15, -0.1) is 11.3 Å². The second-order valence-electron chi connectivity index (χ2n) is 4.80. The minimum absolute atomic E-state index is 0.278. The summed E-state index contributed by atoms with van der Waals surface area (Å²) in [6.07, 6.45) is -0.491. The highest BCUT2D eigenvalue weighted by Crippen LogP contribution is 2.20. The molecule has 0 saturated heterocycles. The standard InChI is InChI=1S/C12H17N3O2S/c1-12(2,3)17-11(16)15-7-9(14)10-5-4-8(6-13)18-10/h4-5,9H,7,14H2,1-3H3,(H,15,16). The molecule has 1 aromatic heterocycles. The maximum Gasteiger partial charge on any atom is 0.407 e. The number of thiophene rings is 1. The Kier molecular flexibility index (Phi) is 4.70. The van der Waals surface area contributed by atoms with Gasteiger partial charge in [-0.05, 0) is 32.9 Å². The molecule has 0 saturated carbocycles. The summed E-state index contributed by atoms with van der Waals surface area (Å²) in [5, 5.41) is 11.3. The molecule has 0 aliphatic rings. The molecule has 1 amide bonds. The summed E-state index contributed by atoms with van der Waals surface area (Å²) in [4.78, 5) is 12.9. The molecule has 0 aliphatic heterocycles. The van der Waals surface area contributed by atoms with Crippen LogP contribution in [-0.2, 0) is 4.74 Å². The number of carbonyl (C=O) groups is 1. The third-order valence-corrected chi connectivity index (χ3v) is 3.09. The van der Waals surface area contributed by atoms with Crippen molar-refractivity contribution >= 4 is 17.4 Å². The van der Waals surface area contributed by atoms with Crippen LogP contribution in [-0.4, -0.2) is 18.2 Å². The van der Waals surface area contributed by atoms with Crippen molar-refractivity contribution in [3.63, 3.8) is 0 Å². The van der Waals surface area contributed by atoms with E-state index in [1.54, 1.807) is 32.9 Å². The number of ether oxygens (including phenoxy) is 1. The number of rotatable bonds is 3. The minimum atomic E-state index is -0.523. The summed E-state index contributed by atoms with van der Waals surface area (Å²) in [6.45, 7) is 5.67. The number of nitriles is 1. The van der Waals surface area contributed by atoms with Gasteiger partial charge in [0.05, 0.1) is 6.04 Å². The Morgan fingerprint density at radius 2 is 2.28 bits per heavy atom. The van der Waals surface area contributed by atoms with Crippen LogP contribution in [0.5, 0.6) is 0 Å². The molecule has 1 aromatic rings. The van der Waals surface area contributed by atoms with Gasteiger partial charge in [-0.3, -0.25) is 0 Å². The highest BCUT2D eigenvalue weighted by atomic mass is 32.1. The first-order chi connectivity index (χ1) is 8.31. The fourth-order valence-corrected chi connectivity index (χ4v) is 2.03. The lowest BCUT2D eigenvalue weighted by Crippen LogP contribution is -2.36. The lowest BCUT2D eigenvalue weighted by atomic mass is 10.2. The van der Waals surface area contributed by atoms with Gasteiger partial charge in [0.2, 0.25) is 0 Å². The lowest BCUT2D eigenvalue weighted by molar-refractivity contribution is 0.0524. The number of hydrogen-bond acceptors (Lipinski definition) is 5. The van der Waals surface area contributed by atoms with Gasteiger partial charge in [0.25, 0.3) is 0 Å². The third kappa shape index (κ3) is 4.73. The van der Waals surface area contributed by atoms with Crippen LogP contribution < -0.4 is 11.1 Å². The fraction of sp³-hybridized carbons (Fsp3) is 0.500. The zero-order chi connectivity index (χ0) is 13.8. The molecule has 3 N–H and O–H groups in total. The molecule has 1 heterocycles. The molecule has 0 bridgehead atoms. The number of nitrogens with one attached hydrogen (secondary N) is 1. The van der Waals surface area contributed by atoms with E-state index in [0.29, 0.717) is 4.88 Å². The van der Waals surface area contributed by atoms with Crippen molar-refractivity contribution in [2.75, 3.05) is 6.54 Å². The lowest BCUT2D eigenvalue weighted by Gasteiger charge is -2.20. The topological polar surface area (TPSA) is 88.1 Å². The van der Waals surface area contributed by atoms with Gasteiger partial charge in [0.1, 0.15) is 16.5 Å². The maximum atomic E-state index is 11.4. The van der Waals surface area contributed by atoms with Crippen LogP contribution in [0, 0.1) is 11.3 Å². The maximum absolute atomic E-state index is 11.4. The highest BCUT2D eigenvalue weighted by Gasteiger charge is 2.17. The Morgan fingerprint density at radius 3 is 2.78 bits per heavy atom. The summed E-state index contributed by atoms with van der Waals surface area (Å²) in [5.41, 5.74) is 5.38. The molecular weight excluding hydrogens is 250 g/mol. The van der Waals surface area contributed by atoms with Gasteiger partial charge in [0.15, 0.2) is 0 Å². The van der Waals surface area contributed by atoms with E-state index in [9.17, 15) is 4.79 Å². The first kappa shape index (κ1) is 14.5. The molecule has 0 spiro atoms. The van der Waals surface area contributed by atoms with Crippen molar-refractivity contribution in [3.05, 3.63) is 21.9 Å². The minimum Gasteiger partial charge on any atom is -0.444 e. The average molecular weight is 267 g/mol. The van der Waals surface area contributed by atoms with E-state index in [1.807, 2.05) is 6.07 Å². The summed E-state index contributed by atoms with van der Waals surface area (Å²) < 4.78 is 5.10. The van der Waals surface area contributed by atoms with Crippen molar-refractivity contribution < 1.29 is 9.53 Å². The molecule has 0 fully saturated rings. The van der Waals surface area contributed by atoms with E-state index in [2.05, 4.69) is 5.32 Å². The van der Waals surface area contributed by atoms with Crippen molar-refractivity contribution in [3.8, 4) is 6.07 Å². The zero-order valence-corrected chi connectivity index (χ0v) is 11.5. The van der Waals surface area contributed by atoms with E-state index < -0.39 is 11.7 Å². The van der Waals surface area contributed by atoms with Gasteiger partial charge in [-0.2, -0.15) is 5.26 Å². The largest absolute Gasteiger partial charge is 0.444 e. The van der Waals surface area contributed by atoms with Crippen LogP contribution in [0.25, 0.3) is 0 Å². The third-order valence-electron chi connectivity index (χ3n) is 1.97. The first-order valence-corrected chi connectivity index (χ1v) is 6.36. The van der Waals surface area contributed by atoms with E-state index in [4.69, 9.17) is 15.7 Å². The van der Waals surface area contributed by atoms with E-state index in [-0.39, 0.29) is 12.6 Å². The van der Waals surface area contributed by atoms with Crippen molar-refractivity contribution in [1.29, 1.82) is 5.26 Å². The number of nitrogens with two attached hydrogens (primary N) is 1. The Labute approximate surface area is 111 Å². The van der Waals surface area contributed by atoms with Gasteiger partial charge >= 0.3 is 6.09 Å². The van der Waals surface area contributed by atoms with E-state index in [0.717, 1.165) is 4.88 Å². The SMILES string of the molecule is CC(C)(C)OC(=O)NCC(N)c1ccc(C#N)s1. The Balaban J connectivity index is 2.44. The summed E-state index contributed by atoms with van der Waals surface area (Å²) in [7, 11) is 0. The number of alkyl carbamates (subject to hydrolysis) is 1. The number of carbonyl (C=O) groups excluding carboxylic acids is 1. The van der Waals surface area contributed by atoms with Crippen LogP contribution in [0.4, 0.5) is 4.79 Å². The zero-order valence-electron chi connectivity index (χ0n) is 10.7. The fourth-order valence-electron chi connectivity index (χ4n) is 1.22. The van der Waals surface area contributed by atoms with E-state index >= 15 is 0 Å². The average Bonchev–Trinajstić information content (AvgIpc) is 2.72. The first-order valence-electron chi connectivity index (χ1n) is 5.54. The quantitative estimate of drug-likeness (QED) is 0.878. The van der Waals surface area contributed by atoms with Crippen molar-refractivity contribution in [2.24, 2.45) is 5.73 Å². The summed E-state index contributed by atoms with van der Waals surface area (Å²) >= 11 is 1.33. The molecule has 98 valence electrons. The van der Waals surface area contributed by atoms with Gasteiger partial charge in [-0.1, -0.05) is 0 Å². The molecule has 0 aliphatic carbocycles. The van der Waals surface area contributed by atoms with Crippen molar-refractivity contribution in [2.45, 2.75) is 32.4 Å². The van der Waals surface area contributed by atoms with Crippen LogP contribution >= 0.6 is 11.3 Å². The van der Waals surface area contributed by atoms with Crippen LogP contribution in [0.1, 0.15) is 36.6 Å². The molecule has 0 radical (unpaired) electrons. The van der Waals surface area contributed by atoms with Crippen molar-refractivity contribution in [1.82, 2.24) is 5.32 Å². The molecule has 1 rings (SSSR count). The van der Waals surface area contributed by atoms with Crippen LogP contribution in [0.2, 0.25) is 0 Å². The Bertz CT molecular complexity index is 457. The number of nitrogens with zero attached hydrogens (tertiary/aromatic N) is 1. The van der Waals surface area contributed by atoms with Crippen LogP contribution in [0.3, 0.4) is 0 Å². The second-order valence-corrected chi connectivity index (χ2v) is 5.92. The molecule has 1 unspecified atom stereocenters. The molecule has 6 heteroatoms. The molecule has 18 heavy (non-hydrogen) atoms. The molecule has 0 aromatic carbocycles. The normalized spacial score (nSPS) is 12.6. The van der Waals surface area contributed by atoms with Gasteiger partial charge in [0, 0.05) is 11.4 Å². The predicted molar refractivity (Wildman–Crippen MR) is 70.2 cm³/mol. The number of amides is 1. The Hall–Kier alpha value is -1.58. The summed E-state index contributed by atoms with van der Waals surface area (Å²) in [5.74, 6) is 0. The Morgan fingerprint density at radius 1 is 1.61 bits per heavy atom. The monoisotopic (exact) mass is 267 g/mol. The van der Waals surface area contributed by atoms with Crippen LogP contribution in [0.15, 0.2) is 12.1 Å². The molecule has 1 atom stereocenters. The van der Waals surface area contributed by atoms with E-state index in [1.165, 1.54) is 11.3 Å². The molecule has 5 nitrogen and oxygen atoms in total. The highest BCUT2D eigenvalue weighted by molar-refractivity contribution is 7.12. The van der Waals surface area contributed by atoms with Gasteiger partial charge < -0.3 is 15.8 Å². The van der Waals surface area contributed by atoms with Gasteiger partial charge in [-0.25, -0.2) is 4.79 Å². The second kappa shape index (κ2) is 5.85. The molecular formula is C12H17N3O2S. The smallest absolute Gasteiger partial charge is 0.407 e. The summed E-state index contributed by atoms with van der Waals surface area (Å²) in [6, 6.07) is 5.23. The number of hydrogen-bond donors (Lipinski definition) is 2. The predicted octanol–water partition coefficient (Wildman–Crippen LogP) is 2.14.